The van der Waals surface area contributed by atoms with Crippen molar-refractivity contribution in [2.45, 2.75) is 12.5 Å². The molecule has 1 atom stereocenters. The lowest BCUT2D eigenvalue weighted by molar-refractivity contribution is -0.141. The molecule has 2 aromatic rings. The smallest absolute Gasteiger partial charge is 0.414 e. The van der Waals surface area contributed by atoms with Crippen LogP contribution in [0.15, 0.2) is 54.2 Å². The van der Waals surface area contributed by atoms with Crippen molar-refractivity contribution in [3.05, 3.63) is 70.9 Å². The Labute approximate surface area is 174 Å². The Morgan fingerprint density at radius 1 is 1.07 bits per heavy atom. The fourth-order valence-corrected chi connectivity index (χ4v) is 3.59. The molecule has 0 N–H and O–H groups in total. The van der Waals surface area contributed by atoms with Crippen LogP contribution in [0.3, 0.4) is 0 Å². The molecule has 2 aromatic carbocycles. The van der Waals surface area contributed by atoms with Gasteiger partial charge in [-0.05, 0) is 41.0 Å². The SMILES string of the molecule is COC(=O)CC1c2ccccc2C=C(/C=C/c2ccc3c(c2)OCO3)N1C(=O)OC. The number of fused-ring (bicyclic) bond motifs is 2. The van der Waals surface area contributed by atoms with E-state index in [1.807, 2.05) is 60.7 Å². The highest BCUT2D eigenvalue weighted by Crippen LogP contribution is 2.38. The minimum atomic E-state index is -0.556. The lowest BCUT2D eigenvalue weighted by atomic mass is 9.91. The van der Waals surface area contributed by atoms with Gasteiger partial charge in [-0.25, -0.2) is 4.79 Å². The number of carbonyl (C=O) groups is 2. The summed E-state index contributed by atoms with van der Waals surface area (Å²) in [5.41, 5.74) is 3.27. The quantitative estimate of drug-likeness (QED) is 0.709. The summed E-state index contributed by atoms with van der Waals surface area (Å²) in [5, 5.41) is 0. The standard InChI is InChI=1S/C23H21NO6/c1-27-22(25)13-19-18-6-4-3-5-16(18)12-17(24(19)23(26)28-2)9-7-15-8-10-20-21(11-15)30-14-29-20/h3-12,19H,13-14H2,1-2H3/b9-7+. The molecular weight excluding hydrogens is 386 g/mol. The first-order valence-electron chi connectivity index (χ1n) is 9.43. The number of hydrogen-bond donors (Lipinski definition) is 0. The van der Waals surface area contributed by atoms with E-state index in [-0.39, 0.29) is 13.2 Å². The van der Waals surface area contributed by atoms with Crippen LogP contribution >= 0.6 is 0 Å². The maximum Gasteiger partial charge on any atom is 0.414 e. The highest BCUT2D eigenvalue weighted by atomic mass is 16.7. The van der Waals surface area contributed by atoms with Crippen LogP contribution < -0.4 is 9.47 Å². The molecule has 1 unspecified atom stereocenters. The van der Waals surface area contributed by atoms with Crippen LogP contribution in [0.4, 0.5) is 4.79 Å². The third-order valence-corrected chi connectivity index (χ3v) is 5.05. The highest BCUT2D eigenvalue weighted by Gasteiger charge is 2.34. The molecule has 0 radical (unpaired) electrons. The summed E-state index contributed by atoms with van der Waals surface area (Å²) in [4.78, 5) is 26.2. The largest absolute Gasteiger partial charge is 0.469 e. The zero-order valence-corrected chi connectivity index (χ0v) is 16.7. The van der Waals surface area contributed by atoms with E-state index in [2.05, 4.69) is 0 Å². The minimum Gasteiger partial charge on any atom is -0.469 e. The molecule has 0 fully saturated rings. The fourth-order valence-electron chi connectivity index (χ4n) is 3.59. The number of hydrogen-bond acceptors (Lipinski definition) is 6. The Hall–Kier alpha value is -3.74. The van der Waals surface area contributed by atoms with E-state index in [4.69, 9.17) is 18.9 Å². The van der Waals surface area contributed by atoms with Gasteiger partial charge in [-0.15, -0.1) is 0 Å². The van der Waals surface area contributed by atoms with E-state index in [0.717, 1.165) is 16.7 Å². The third-order valence-electron chi connectivity index (χ3n) is 5.05. The average Bonchev–Trinajstić information content (AvgIpc) is 3.25. The monoisotopic (exact) mass is 407 g/mol. The third kappa shape index (κ3) is 3.74. The van der Waals surface area contributed by atoms with Crippen LogP contribution in [0.1, 0.15) is 29.2 Å². The van der Waals surface area contributed by atoms with Crippen molar-refractivity contribution in [1.82, 2.24) is 4.90 Å². The second-order valence-corrected chi connectivity index (χ2v) is 6.78. The van der Waals surface area contributed by atoms with E-state index in [1.54, 1.807) is 0 Å². The Kier molecular flexibility index (Phi) is 5.43. The first kappa shape index (κ1) is 19.6. The van der Waals surface area contributed by atoms with E-state index >= 15 is 0 Å². The summed E-state index contributed by atoms with van der Waals surface area (Å²) in [5.74, 6) is 0.963. The summed E-state index contributed by atoms with van der Waals surface area (Å²) >= 11 is 0. The highest BCUT2D eigenvalue weighted by molar-refractivity contribution is 5.80. The van der Waals surface area contributed by atoms with Gasteiger partial charge in [0.25, 0.3) is 0 Å². The van der Waals surface area contributed by atoms with Gasteiger partial charge < -0.3 is 18.9 Å². The Morgan fingerprint density at radius 2 is 1.87 bits per heavy atom. The molecule has 2 aliphatic rings. The summed E-state index contributed by atoms with van der Waals surface area (Å²) in [7, 11) is 2.65. The molecule has 0 bridgehead atoms. The van der Waals surface area contributed by atoms with Gasteiger partial charge in [-0.2, -0.15) is 0 Å². The van der Waals surface area contributed by atoms with Crippen molar-refractivity contribution in [2.75, 3.05) is 21.0 Å². The van der Waals surface area contributed by atoms with Crippen molar-refractivity contribution < 1.29 is 28.5 Å². The Morgan fingerprint density at radius 3 is 2.67 bits per heavy atom. The van der Waals surface area contributed by atoms with Crippen LogP contribution in [0.5, 0.6) is 11.5 Å². The number of benzene rings is 2. The van der Waals surface area contributed by atoms with E-state index < -0.39 is 18.1 Å². The lowest BCUT2D eigenvalue weighted by Gasteiger charge is -2.35. The number of amides is 1. The summed E-state index contributed by atoms with van der Waals surface area (Å²) in [6.07, 6.45) is 5.03. The first-order valence-corrected chi connectivity index (χ1v) is 9.43. The van der Waals surface area contributed by atoms with Crippen molar-refractivity contribution >= 4 is 24.2 Å². The van der Waals surface area contributed by atoms with Gasteiger partial charge in [0.2, 0.25) is 6.79 Å². The van der Waals surface area contributed by atoms with Crippen LogP contribution in [0, 0.1) is 0 Å². The molecule has 0 aromatic heterocycles. The summed E-state index contributed by atoms with van der Waals surface area (Å²) in [6.45, 7) is 0.204. The molecule has 7 nitrogen and oxygen atoms in total. The van der Waals surface area contributed by atoms with Crippen molar-refractivity contribution in [3.8, 4) is 11.5 Å². The molecule has 0 spiro atoms. The van der Waals surface area contributed by atoms with E-state index in [9.17, 15) is 9.59 Å². The zero-order chi connectivity index (χ0) is 21.1. The van der Waals surface area contributed by atoms with Gasteiger partial charge >= 0.3 is 12.1 Å². The number of ether oxygens (including phenoxy) is 4. The number of nitrogens with zero attached hydrogens (tertiary/aromatic N) is 1. The summed E-state index contributed by atoms with van der Waals surface area (Å²) < 4.78 is 20.6. The summed E-state index contributed by atoms with van der Waals surface area (Å²) in [6, 6.07) is 12.7. The molecule has 2 aliphatic heterocycles. The van der Waals surface area contributed by atoms with Crippen LogP contribution in [-0.2, 0) is 14.3 Å². The maximum absolute atomic E-state index is 12.7. The molecule has 0 aliphatic carbocycles. The predicted octanol–water partition coefficient (Wildman–Crippen LogP) is 4.16. The van der Waals surface area contributed by atoms with E-state index in [1.165, 1.54) is 19.1 Å². The second kappa shape index (κ2) is 8.32. The Bertz CT molecular complexity index is 1040. The molecule has 154 valence electrons. The second-order valence-electron chi connectivity index (χ2n) is 6.78. The molecule has 2 heterocycles. The normalized spacial score (nSPS) is 16.8. The Balaban J connectivity index is 1.73. The number of methoxy groups -OCH3 is 2. The van der Waals surface area contributed by atoms with Gasteiger partial charge in [0, 0.05) is 5.70 Å². The minimum absolute atomic E-state index is 0.0117. The van der Waals surface area contributed by atoms with Gasteiger partial charge in [-0.3, -0.25) is 9.69 Å². The van der Waals surface area contributed by atoms with Gasteiger partial charge in [-0.1, -0.05) is 36.4 Å². The topological polar surface area (TPSA) is 74.3 Å². The number of rotatable bonds is 4. The van der Waals surface area contributed by atoms with Gasteiger partial charge in [0.05, 0.1) is 26.7 Å². The average molecular weight is 407 g/mol. The molecule has 0 saturated carbocycles. The zero-order valence-electron chi connectivity index (χ0n) is 16.7. The molecule has 4 rings (SSSR count). The predicted molar refractivity (Wildman–Crippen MR) is 110 cm³/mol. The number of carbonyl (C=O) groups excluding carboxylic acids is 2. The van der Waals surface area contributed by atoms with Crippen molar-refractivity contribution in [3.63, 3.8) is 0 Å². The maximum atomic E-state index is 12.7. The molecule has 30 heavy (non-hydrogen) atoms. The number of allylic oxidation sites excluding steroid dienone is 1. The van der Waals surface area contributed by atoms with Gasteiger partial charge in [0.1, 0.15) is 0 Å². The van der Waals surface area contributed by atoms with Crippen LogP contribution in [0.25, 0.3) is 12.2 Å². The lowest BCUT2D eigenvalue weighted by Crippen LogP contribution is -2.37. The van der Waals surface area contributed by atoms with Crippen LogP contribution in [-0.4, -0.2) is 38.0 Å². The molecular formula is C23H21NO6. The molecule has 7 heteroatoms. The van der Waals surface area contributed by atoms with Crippen LogP contribution in [0.2, 0.25) is 0 Å². The first-order chi connectivity index (χ1) is 14.6. The molecule has 0 saturated heterocycles. The van der Waals surface area contributed by atoms with Crippen molar-refractivity contribution in [2.24, 2.45) is 0 Å². The van der Waals surface area contributed by atoms with Crippen molar-refractivity contribution in [1.29, 1.82) is 0 Å². The molecule has 1 amide bonds. The number of esters is 1. The van der Waals surface area contributed by atoms with Gasteiger partial charge in [0.15, 0.2) is 11.5 Å². The van der Waals surface area contributed by atoms with E-state index in [0.29, 0.717) is 17.2 Å². The fraction of sp³-hybridized carbons (Fsp3) is 0.217.